The fourth-order valence-corrected chi connectivity index (χ4v) is 4.02. The molecule has 0 saturated heterocycles. The Morgan fingerprint density at radius 2 is 1.87 bits per heavy atom. The minimum Gasteiger partial charge on any atom is -0.314 e. The number of urea groups is 1. The molecule has 160 valence electrons. The number of carbonyl (C=O) groups is 2. The van der Waals surface area contributed by atoms with Gasteiger partial charge in [-0.1, -0.05) is 19.9 Å². The number of hydrogen-bond acceptors (Lipinski definition) is 5. The molecule has 9 heteroatoms. The van der Waals surface area contributed by atoms with Gasteiger partial charge in [0.15, 0.2) is 0 Å². The summed E-state index contributed by atoms with van der Waals surface area (Å²) in [7, 11) is -3.67. The summed E-state index contributed by atoms with van der Waals surface area (Å²) in [6, 6.07) is 9.75. The third kappa shape index (κ3) is 5.15. The van der Waals surface area contributed by atoms with E-state index in [4.69, 9.17) is 0 Å². The Labute approximate surface area is 177 Å². The highest BCUT2D eigenvalue weighted by Crippen LogP contribution is 2.21. The first-order valence-electron chi connectivity index (χ1n) is 9.76. The van der Waals surface area contributed by atoms with Gasteiger partial charge < -0.3 is 10.2 Å². The van der Waals surface area contributed by atoms with Crippen LogP contribution >= 0.6 is 0 Å². The molecule has 8 nitrogen and oxygen atoms in total. The molecule has 0 aliphatic carbocycles. The van der Waals surface area contributed by atoms with Crippen LogP contribution in [0.1, 0.15) is 41.9 Å². The molecular formula is C21H26N4O4S. The third-order valence-corrected chi connectivity index (χ3v) is 6.04. The molecule has 1 aromatic heterocycles. The largest absolute Gasteiger partial charge is 0.322 e. The molecule has 0 spiro atoms. The fraction of sp³-hybridized carbons (Fsp3) is 0.381. The molecule has 30 heavy (non-hydrogen) atoms. The van der Waals surface area contributed by atoms with Crippen LogP contribution in [0.5, 0.6) is 0 Å². The molecule has 0 bridgehead atoms. The van der Waals surface area contributed by atoms with Crippen molar-refractivity contribution in [3.8, 4) is 0 Å². The average molecular weight is 431 g/mol. The topological polar surface area (TPSA) is 99.7 Å². The molecule has 0 radical (unpaired) electrons. The standard InChI is InChI=1S/C21H26N4O4S/c1-15(2)10-12-25(30(3,28)29)20(26)16-6-8-18(9-7-16)23-21(27)24-13-17-5-4-11-22-19(17)14-24/h4-9,11,15H,10,12-14H2,1-3H3,(H,23,27). The lowest BCUT2D eigenvalue weighted by molar-refractivity contribution is 0.0858. The van der Waals surface area contributed by atoms with Crippen molar-refractivity contribution in [3.63, 3.8) is 0 Å². The van der Waals surface area contributed by atoms with Crippen molar-refractivity contribution in [1.82, 2.24) is 14.2 Å². The molecule has 2 heterocycles. The molecule has 0 unspecified atom stereocenters. The van der Waals surface area contributed by atoms with E-state index in [9.17, 15) is 18.0 Å². The summed E-state index contributed by atoms with van der Waals surface area (Å²) in [6.07, 6.45) is 3.32. The van der Waals surface area contributed by atoms with Gasteiger partial charge >= 0.3 is 6.03 Å². The van der Waals surface area contributed by atoms with Gasteiger partial charge in [-0.25, -0.2) is 17.5 Å². The summed E-state index contributed by atoms with van der Waals surface area (Å²) in [5.74, 6) is -0.302. The molecule has 3 amide bonds. The Balaban J connectivity index is 1.65. The number of nitrogens with zero attached hydrogens (tertiary/aromatic N) is 3. The van der Waals surface area contributed by atoms with Gasteiger partial charge in [-0.15, -0.1) is 0 Å². The number of carbonyl (C=O) groups excluding carboxylic acids is 2. The molecular weight excluding hydrogens is 404 g/mol. The highest BCUT2D eigenvalue weighted by atomic mass is 32.2. The molecule has 1 aliphatic heterocycles. The van der Waals surface area contributed by atoms with Crippen molar-refractivity contribution in [2.45, 2.75) is 33.4 Å². The smallest absolute Gasteiger partial charge is 0.314 e. The second kappa shape index (κ2) is 8.83. The Kier molecular flexibility index (Phi) is 6.40. The van der Waals surface area contributed by atoms with E-state index in [-0.39, 0.29) is 24.1 Å². The van der Waals surface area contributed by atoms with Gasteiger partial charge in [0, 0.05) is 30.5 Å². The van der Waals surface area contributed by atoms with Crippen molar-refractivity contribution < 1.29 is 18.0 Å². The number of rotatable bonds is 6. The number of benzene rings is 1. The Morgan fingerprint density at radius 3 is 2.47 bits per heavy atom. The van der Waals surface area contributed by atoms with Gasteiger partial charge in [0.05, 0.1) is 18.5 Å². The summed E-state index contributed by atoms with van der Waals surface area (Å²) in [6.45, 7) is 5.01. The summed E-state index contributed by atoms with van der Waals surface area (Å²) in [5.41, 5.74) is 2.68. The van der Waals surface area contributed by atoms with Crippen LogP contribution < -0.4 is 5.32 Å². The molecule has 1 aromatic carbocycles. The Bertz CT molecular complexity index is 1010. The van der Waals surface area contributed by atoms with Gasteiger partial charge in [0.1, 0.15) is 0 Å². The van der Waals surface area contributed by atoms with Crippen LogP contribution in [0.25, 0.3) is 0 Å². The minimum atomic E-state index is -3.67. The molecule has 2 aromatic rings. The second-order valence-electron chi connectivity index (χ2n) is 7.80. The highest BCUT2D eigenvalue weighted by Gasteiger charge is 2.26. The number of anilines is 1. The van der Waals surface area contributed by atoms with E-state index in [0.717, 1.165) is 21.8 Å². The predicted molar refractivity (Wildman–Crippen MR) is 114 cm³/mol. The van der Waals surface area contributed by atoms with E-state index in [1.165, 1.54) is 12.1 Å². The SMILES string of the molecule is CC(C)CCN(C(=O)c1ccc(NC(=O)N2Cc3cccnc3C2)cc1)S(C)(=O)=O. The quantitative estimate of drug-likeness (QED) is 0.759. The average Bonchev–Trinajstić information content (AvgIpc) is 3.11. The fourth-order valence-electron chi connectivity index (χ4n) is 3.18. The number of amides is 3. The van der Waals surface area contributed by atoms with Crippen LogP contribution in [-0.2, 0) is 23.1 Å². The van der Waals surface area contributed by atoms with Crippen LogP contribution in [-0.4, -0.2) is 47.3 Å². The van der Waals surface area contributed by atoms with E-state index in [1.54, 1.807) is 23.2 Å². The maximum absolute atomic E-state index is 12.7. The lowest BCUT2D eigenvalue weighted by atomic mass is 10.1. The monoisotopic (exact) mass is 430 g/mol. The summed E-state index contributed by atoms with van der Waals surface area (Å²) in [5, 5.41) is 2.80. The first-order chi connectivity index (χ1) is 14.1. The van der Waals surface area contributed by atoms with Crippen LogP contribution in [0.3, 0.4) is 0 Å². The van der Waals surface area contributed by atoms with Crippen molar-refractivity contribution in [2.75, 3.05) is 18.1 Å². The van der Waals surface area contributed by atoms with Crippen molar-refractivity contribution in [1.29, 1.82) is 0 Å². The van der Waals surface area contributed by atoms with E-state index in [0.29, 0.717) is 25.2 Å². The first-order valence-corrected chi connectivity index (χ1v) is 11.6. The zero-order valence-corrected chi connectivity index (χ0v) is 18.1. The first kappa shape index (κ1) is 21.8. The highest BCUT2D eigenvalue weighted by molar-refractivity contribution is 7.88. The second-order valence-corrected chi connectivity index (χ2v) is 9.70. The number of hydrogen-bond donors (Lipinski definition) is 1. The normalized spacial score (nSPS) is 13.3. The summed E-state index contributed by atoms with van der Waals surface area (Å²) < 4.78 is 25.0. The van der Waals surface area contributed by atoms with E-state index in [1.807, 2.05) is 26.0 Å². The number of pyridine rings is 1. The van der Waals surface area contributed by atoms with Crippen molar-refractivity contribution in [2.24, 2.45) is 5.92 Å². The van der Waals surface area contributed by atoms with E-state index >= 15 is 0 Å². The minimum absolute atomic E-state index is 0.136. The molecule has 1 aliphatic rings. The predicted octanol–water partition coefficient (Wildman–Crippen LogP) is 3.08. The van der Waals surface area contributed by atoms with Crippen LogP contribution in [0.2, 0.25) is 0 Å². The number of sulfonamides is 1. The van der Waals surface area contributed by atoms with Gasteiger partial charge in [0.2, 0.25) is 10.0 Å². The van der Waals surface area contributed by atoms with Crippen LogP contribution in [0, 0.1) is 5.92 Å². The zero-order valence-electron chi connectivity index (χ0n) is 17.3. The van der Waals surface area contributed by atoms with E-state index < -0.39 is 15.9 Å². The molecule has 0 saturated carbocycles. The van der Waals surface area contributed by atoms with E-state index in [2.05, 4.69) is 10.3 Å². The Morgan fingerprint density at radius 1 is 1.17 bits per heavy atom. The number of fused-ring (bicyclic) bond motifs is 1. The summed E-state index contributed by atoms with van der Waals surface area (Å²) >= 11 is 0. The molecule has 0 atom stereocenters. The van der Waals surface area contributed by atoms with Gasteiger partial charge in [0.25, 0.3) is 5.91 Å². The maximum Gasteiger partial charge on any atom is 0.322 e. The maximum atomic E-state index is 12.7. The van der Waals surface area contributed by atoms with Crippen molar-refractivity contribution >= 4 is 27.6 Å². The lowest BCUT2D eigenvalue weighted by Crippen LogP contribution is -2.37. The Hall–Kier alpha value is -2.94. The molecule has 3 rings (SSSR count). The number of nitrogens with one attached hydrogen (secondary N) is 1. The van der Waals surface area contributed by atoms with Gasteiger partial charge in [-0.05, 0) is 48.2 Å². The number of aromatic nitrogens is 1. The van der Waals surface area contributed by atoms with Gasteiger partial charge in [-0.3, -0.25) is 9.78 Å². The van der Waals surface area contributed by atoms with Crippen molar-refractivity contribution in [3.05, 3.63) is 59.4 Å². The third-order valence-electron chi connectivity index (χ3n) is 4.89. The van der Waals surface area contributed by atoms with Crippen LogP contribution in [0.15, 0.2) is 42.6 Å². The van der Waals surface area contributed by atoms with Crippen LogP contribution in [0.4, 0.5) is 10.5 Å². The molecule has 0 fully saturated rings. The lowest BCUT2D eigenvalue weighted by Gasteiger charge is -2.21. The van der Waals surface area contributed by atoms with Gasteiger partial charge in [-0.2, -0.15) is 0 Å². The zero-order chi connectivity index (χ0) is 21.9. The molecule has 1 N–H and O–H groups in total. The summed E-state index contributed by atoms with van der Waals surface area (Å²) in [4.78, 5) is 31.2.